The first-order valence-corrected chi connectivity index (χ1v) is 10.4. The van der Waals surface area contributed by atoms with Gasteiger partial charge in [0, 0.05) is 35.9 Å². The number of fused-ring (bicyclic) bond motifs is 1. The Morgan fingerprint density at radius 1 is 1.00 bits per heavy atom. The van der Waals surface area contributed by atoms with E-state index in [2.05, 4.69) is 15.3 Å². The number of ether oxygens (including phenoxy) is 1. The number of pyridine rings is 1. The van der Waals surface area contributed by atoms with E-state index in [1.165, 1.54) is 6.07 Å². The molecule has 0 amide bonds. The number of nitrogens with zero attached hydrogens (tertiary/aromatic N) is 4. The van der Waals surface area contributed by atoms with Crippen LogP contribution in [0.3, 0.4) is 0 Å². The molecule has 0 atom stereocenters. The molecule has 1 N–H and O–H groups in total. The third-order valence-corrected chi connectivity index (χ3v) is 5.42. The minimum Gasteiger partial charge on any atom is -0.494 e. The van der Waals surface area contributed by atoms with Gasteiger partial charge in [-0.2, -0.15) is 13.2 Å². The molecule has 5 rings (SSSR count). The summed E-state index contributed by atoms with van der Waals surface area (Å²) in [6.45, 7) is 1.91. The lowest BCUT2D eigenvalue weighted by molar-refractivity contribution is -0.137. The third kappa shape index (κ3) is 4.07. The van der Waals surface area contributed by atoms with Gasteiger partial charge in [-0.15, -0.1) is 0 Å². The van der Waals surface area contributed by atoms with Crippen LogP contribution in [0.15, 0.2) is 79.5 Å². The number of benzene rings is 2. The van der Waals surface area contributed by atoms with Crippen LogP contribution in [0.5, 0.6) is 5.75 Å². The van der Waals surface area contributed by atoms with Crippen molar-refractivity contribution in [1.82, 2.24) is 18.9 Å². The fourth-order valence-corrected chi connectivity index (χ4v) is 3.78. The fourth-order valence-electron chi connectivity index (χ4n) is 3.78. The van der Waals surface area contributed by atoms with Gasteiger partial charge in [-0.25, -0.2) is 9.97 Å². The van der Waals surface area contributed by atoms with Crippen molar-refractivity contribution < 1.29 is 17.9 Å². The molecule has 0 aliphatic carbocycles. The second-order valence-electron chi connectivity index (χ2n) is 7.79. The minimum absolute atomic E-state index is 0.395. The summed E-state index contributed by atoms with van der Waals surface area (Å²) in [6, 6.07) is 14.6. The highest BCUT2D eigenvalue weighted by atomic mass is 19.4. The van der Waals surface area contributed by atoms with Crippen molar-refractivity contribution >= 4 is 17.0 Å². The monoisotopic (exact) mass is 463 g/mol. The molecule has 0 aliphatic rings. The summed E-state index contributed by atoms with van der Waals surface area (Å²) in [7, 11) is 1.60. The molecule has 3 aromatic heterocycles. The Labute approximate surface area is 193 Å². The average molecular weight is 463 g/mol. The number of methoxy groups -OCH3 is 1. The molecule has 0 aliphatic heterocycles. The summed E-state index contributed by atoms with van der Waals surface area (Å²) in [5, 5.41) is 3.34. The molecule has 6 nitrogen and oxygen atoms in total. The van der Waals surface area contributed by atoms with E-state index in [-0.39, 0.29) is 0 Å². The van der Waals surface area contributed by atoms with Crippen molar-refractivity contribution in [2.45, 2.75) is 13.1 Å². The number of aryl methyl sites for hydroxylation is 1. The first kappa shape index (κ1) is 21.6. The van der Waals surface area contributed by atoms with Crippen LogP contribution in [0, 0.1) is 6.92 Å². The fraction of sp³-hybridized carbons (Fsp3) is 0.120. The van der Waals surface area contributed by atoms with Crippen LogP contribution in [0.2, 0.25) is 0 Å². The highest BCUT2D eigenvalue weighted by Gasteiger charge is 2.30. The lowest BCUT2D eigenvalue weighted by Crippen LogP contribution is -2.04. The Kier molecular flexibility index (Phi) is 5.24. The Morgan fingerprint density at radius 2 is 1.85 bits per heavy atom. The van der Waals surface area contributed by atoms with Gasteiger partial charge in [0.15, 0.2) is 5.65 Å². The lowest BCUT2D eigenvalue weighted by atomic mass is 10.1. The molecule has 0 saturated heterocycles. The maximum Gasteiger partial charge on any atom is 0.416 e. The maximum atomic E-state index is 13.1. The normalized spacial score (nSPS) is 11.7. The Hall–Kier alpha value is -4.27. The van der Waals surface area contributed by atoms with Crippen LogP contribution in [0.1, 0.15) is 11.3 Å². The predicted octanol–water partition coefficient (Wildman–Crippen LogP) is 6.27. The van der Waals surface area contributed by atoms with Gasteiger partial charge in [0.1, 0.15) is 5.75 Å². The summed E-state index contributed by atoms with van der Waals surface area (Å²) in [5.74, 6) is 0.655. The Morgan fingerprint density at radius 3 is 2.59 bits per heavy atom. The van der Waals surface area contributed by atoms with Crippen LogP contribution in [-0.2, 0) is 6.18 Å². The zero-order valence-electron chi connectivity index (χ0n) is 18.3. The van der Waals surface area contributed by atoms with Crippen LogP contribution >= 0.6 is 0 Å². The average Bonchev–Trinajstić information content (AvgIpc) is 3.45. The van der Waals surface area contributed by atoms with E-state index in [9.17, 15) is 13.2 Å². The molecule has 34 heavy (non-hydrogen) atoms. The Bertz CT molecular complexity index is 1490. The zero-order valence-corrected chi connectivity index (χ0v) is 18.3. The van der Waals surface area contributed by atoms with Gasteiger partial charge in [0.05, 0.1) is 41.8 Å². The summed E-state index contributed by atoms with van der Waals surface area (Å²) >= 11 is 0. The van der Waals surface area contributed by atoms with E-state index < -0.39 is 11.7 Å². The topological polar surface area (TPSA) is 56.4 Å². The molecule has 0 radical (unpaired) electrons. The number of alkyl halides is 3. The molecule has 3 heterocycles. The highest BCUT2D eigenvalue weighted by Crippen LogP contribution is 2.33. The van der Waals surface area contributed by atoms with Crippen molar-refractivity contribution in [1.29, 1.82) is 0 Å². The van der Waals surface area contributed by atoms with Crippen molar-refractivity contribution in [3.8, 4) is 22.7 Å². The summed E-state index contributed by atoms with van der Waals surface area (Å²) in [5.41, 5.74) is 3.94. The van der Waals surface area contributed by atoms with Gasteiger partial charge in [-0.1, -0.05) is 12.1 Å². The first-order valence-electron chi connectivity index (χ1n) is 10.4. The molecule has 0 saturated carbocycles. The number of hydrogen-bond acceptors (Lipinski definition) is 4. The van der Waals surface area contributed by atoms with E-state index in [0.29, 0.717) is 28.3 Å². The number of nitrogens with one attached hydrogen (secondary N) is 1. The van der Waals surface area contributed by atoms with E-state index in [4.69, 9.17) is 4.74 Å². The van der Waals surface area contributed by atoms with Crippen molar-refractivity contribution in [3.63, 3.8) is 0 Å². The van der Waals surface area contributed by atoms with Gasteiger partial charge < -0.3 is 19.0 Å². The molecule has 0 spiro atoms. The molecule has 0 unspecified atom stereocenters. The van der Waals surface area contributed by atoms with Crippen LogP contribution in [0.25, 0.3) is 22.6 Å². The van der Waals surface area contributed by atoms with Gasteiger partial charge >= 0.3 is 6.18 Å². The largest absolute Gasteiger partial charge is 0.494 e. The molecule has 9 heteroatoms. The van der Waals surface area contributed by atoms with Gasteiger partial charge in [0.2, 0.25) is 0 Å². The van der Waals surface area contributed by atoms with Crippen LogP contribution in [-0.4, -0.2) is 26.0 Å². The van der Waals surface area contributed by atoms with Crippen LogP contribution in [0.4, 0.5) is 24.5 Å². The number of hydrogen-bond donors (Lipinski definition) is 1. The zero-order chi connectivity index (χ0) is 23.9. The highest BCUT2D eigenvalue weighted by molar-refractivity contribution is 5.77. The molecule has 0 fully saturated rings. The maximum absolute atomic E-state index is 13.1. The van der Waals surface area contributed by atoms with Gasteiger partial charge in [-0.05, 0) is 43.3 Å². The van der Waals surface area contributed by atoms with Crippen molar-refractivity contribution in [2.24, 2.45) is 0 Å². The smallest absolute Gasteiger partial charge is 0.416 e. The van der Waals surface area contributed by atoms with Gasteiger partial charge in [0.25, 0.3) is 0 Å². The number of imidazole rings is 2. The molecule has 172 valence electrons. The number of rotatable bonds is 5. The van der Waals surface area contributed by atoms with E-state index >= 15 is 0 Å². The minimum atomic E-state index is -4.41. The predicted molar refractivity (Wildman–Crippen MR) is 124 cm³/mol. The standard InChI is InChI=1S/C25H20F3N5O/c1-16-13-33(15-29-16)22-9-8-19(12-23(22)34-2)30-20-7-4-10-32-14-21(31-24(20)32)17-5-3-6-18(11-17)25(26,27)28/h3-15,30H,1-2H3. The second-order valence-corrected chi connectivity index (χ2v) is 7.79. The number of halogens is 3. The quantitative estimate of drug-likeness (QED) is 0.334. The summed E-state index contributed by atoms with van der Waals surface area (Å²) in [4.78, 5) is 8.86. The van der Waals surface area contributed by atoms with E-state index in [1.54, 1.807) is 36.3 Å². The van der Waals surface area contributed by atoms with E-state index in [0.717, 1.165) is 29.2 Å². The van der Waals surface area contributed by atoms with Gasteiger partial charge in [-0.3, -0.25) is 0 Å². The summed E-state index contributed by atoms with van der Waals surface area (Å²) < 4.78 is 48.7. The number of aromatic nitrogens is 4. The number of anilines is 2. The van der Waals surface area contributed by atoms with Crippen LogP contribution < -0.4 is 10.1 Å². The van der Waals surface area contributed by atoms with E-state index in [1.807, 2.05) is 48.0 Å². The lowest BCUT2D eigenvalue weighted by Gasteiger charge is -2.13. The van der Waals surface area contributed by atoms with Crippen molar-refractivity contribution in [3.05, 3.63) is 90.8 Å². The molecular weight excluding hydrogens is 443 g/mol. The molecular formula is C25H20F3N5O. The molecule has 5 aromatic rings. The molecule has 0 bridgehead atoms. The Balaban J connectivity index is 1.49. The third-order valence-electron chi connectivity index (χ3n) is 5.42. The first-order chi connectivity index (χ1) is 16.3. The van der Waals surface area contributed by atoms with Crippen molar-refractivity contribution in [2.75, 3.05) is 12.4 Å². The summed E-state index contributed by atoms with van der Waals surface area (Å²) in [6.07, 6.45) is 2.73. The SMILES string of the molecule is COc1cc(Nc2cccn3cc(-c4cccc(C(F)(F)F)c4)nc23)ccc1-n1cnc(C)c1. The molecule has 2 aromatic carbocycles. The second kappa shape index (κ2) is 8.26.